The van der Waals surface area contributed by atoms with Crippen LogP contribution in [0.5, 0.6) is 5.75 Å². The van der Waals surface area contributed by atoms with E-state index in [0.29, 0.717) is 28.1 Å². The lowest BCUT2D eigenvalue weighted by Crippen LogP contribution is -2.27. The predicted octanol–water partition coefficient (Wildman–Crippen LogP) is 4.40. The first kappa shape index (κ1) is 20.9. The van der Waals surface area contributed by atoms with Crippen LogP contribution in [0.2, 0.25) is 0 Å². The van der Waals surface area contributed by atoms with E-state index < -0.39 is 23.2 Å². The Morgan fingerprint density at radius 1 is 1.00 bits per heavy atom. The summed E-state index contributed by atoms with van der Waals surface area (Å²) in [6, 6.07) is 13.0. The van der Waals surface area contributed by atoms with Gasteiger partial charge in [-0.05, 0) is 51.1 Å². The second kappa shape index (κ2) is 8.28. The molecule has 1 aromatic heterocycles. The van der Waals surface area contributed by atoms with Gasteiger partial charge in [-0.25, -0.2) is 9.59 Å². The van der Waals surface area contributed by atoms with Gasteiger partial charge in [0, 0.05) is 11.1 Å². The Labute approximate surface area is 172 Å². The van der Waals surface area contributed by atoms with Gasteiger partial charge in [-0.3, -0.25) is 10.1 Å². The van der Waals surface area contributed by atoms with Crippen LogP contribution in [0.1, 0.15) is 31.1 Å². The lowest BCUT2D eigenvalue weighted by Gasteiger charge is -2.20. The quantitative estimate of drug-likeness (QED) is 0.618. The van der Waals surface area contributed by atoms with Gasteiger partial charge in [-0.1, -0.05) is 18.2 Å². The Kier molecular flexibility index (Phi) is 5.77. The SMILES string of the molecule is COc1ccc(NC(=O)c2cc3ccccc3oc2=O)cc1NC(=O)OC(C)(C)C. The minimum Gasteiger partial charge on any atom is -0.495 e. The van der Waals surface area contributed by atoms with Crippen molar-refractivity contribution in [2.45, 2.75) is 26.4 Å². The highest BCUT2D eigenvalue weighted by atomic mass is 16.6. The molecule has 30 heavy (non-hydrogen) atoms. The number of carbonyl (C=O) groups excluding carboxylic acids is 2. The van der Waals surface area contributed by atoms with Crippen molar-refractivity contribution >= 4 is 34.3 Å². The molecule has 0 aliphatic rings. The largest absolute Gasteiger partial charge is 0.495 e. The summed E-state index contributed by atoms with van der Waals surface area (Å²) in [5.74, 6) is -0.257. The summed E-state index contributed by atoms with van der Waals surface area (Å²) in [6.45, 7) is 5.24. The first-order chi connectivity index (χ1) is 14.2. The Bertz CT molecular complexity index is 1160. The lowest BCUT2D eigenvalue weighted by molar-refractivity contribution is 0.0635. The van der Waals surface area contributed by atoms with Crippen LogP contribution >= 0.6 is 0 Å². The standard InChI is InChI=1S/C22H22N2O6/c1-22(2,3)30-21(27)24-16-12-14(9-10-18(16)28-4)23-19(25)15-11-13-7-5-6-8-17(13)29-20(15)26/h5-12H,1-4H3,(H,23,25)(H,24,27). The fourth-order valence-corrected chi connectivity index (χ4v) is 2.72. The Morgan fingerprint density at radius 2 is 1.73 bits per heavy atom. The van der Waals surface area contributed by atoms with Crippen molar-refractivity contribution in [2.24, 2.45) is 0 Å². The number of carbonyl (C=O) groups is 2. The summed E-state index contributed by atoms with van der Waals surface area (Å²) in [5, 5.41) is 5.85. The number of para-hydroxylation sites is 1. The number of hydrogen-bond donors (Lipinski definition) is 2. The molecule has 0 atom stereocenters. The molecular formula is C22H22N2O6. The summed E-state index contributed by atoms with van der Waals surface area (Å²) >= 11 is 0. The number of fused-ring (bicyclic) bond motifs is 1. The minimum atomic E-state index is -0.744. The van der Waals surface area contributed by atoms with Gasteiger partial charge in [-0.15, -0.1) is 0 Å². The van der Waals surface area contributed by atoms with E-state index in [1.807, 2.05) is 0 Å². The molecule has 0 aliphatic heterocycles. The maximum absolute atomic E-state index is 12.6. The summed E-state index contributed by atoms with van der Waals surface area (Å²) < 4.78 is 15.7. The number of anilines is 2. The number of amides is 2. The van der Waals surface area contributed by atoms with Crippen LogP contribution in [0.15, 0.2) is 57.7 Å². The molecule has 0 aliphatic carbocycles. The molecule has 0 bridgehead atoms. The fourth-order valence-electron chi connectivity index (χ4n) is 2.72. The molecule has 3 aromatic rings. The molecule has 2 amide bonds. The van der Waals surface area contributed by atoms with Crippen molar-refractivity contribution in [3.05, 3.63) is 64.5 Å². The Balaban J connectivity index is 1.84. The molecule has 0 radical (unpaired) electrons. The number of benzene rings is 2. The van der Waals surface area contributed by atoms with E-state index in [1.54, 1.807) is 57.2 Å². The van der Waals surface area contributed by atoms with E-state index in [9.17, 15) is 14.4 Å². The van der Waals surface area contributed by atoms with Gasteiger partial charge in [0.05, 0.1) is 12.8 Å². The summed E-state index contributed by atoms with van der Waals surface area (Å²) in [5.41, 5.74) is -0.507. The van der Waals surface area contributed by atoms with Crippen molar-refractivity contribution in [1.82, 2.24) is 0 Å². The van der Waals surface area contributed by atoms with Crippen molar-refractivity contribution in [3.8, 4) is 5.75 Å². The zero-order valence-electron chi connectivity index (χ0n) is 17.1. The second-order valence-electron chi connectivity index (χ2n) is 7.48. The van der Waals surface area contributed by atoms with E-state index >= 15 is 0 Å². The minimum absolute atomic E-state index is 0.133. The molecule has 8 heteroatoms. The molecular weight excluding hydrogens is 388 g/mol. The molecule has 0 unspecified atom stereocenters. The molecule has 0 saturated heterocycles. The molecule has 0 fully saturated rings. The molecule has 2 N–H and O–H groups in total. The zero-order valence-corrected chi connectivity index (χ0v) is 17.1. The summed E-state index contributed by atoms with van der Waals surface area (Å²) in [7, 11) is 1.45. The zero-order chi connectivity index (χ0) is 21.9. The smallest absolute Gasteiger partial charge is 0.412 e. The van der Waals surface area contributed by atoms with Gasteiger partial charge in [0.15, 0.2) is 0 Å². The molecule has 1 heterocycles. The third-order valence-electron chi connectivity index (χ3n) is 3.98. The van der Waals surface area contributed by atoms with Gasteiger partial charge in [0.25, 0.3) is 5.91 Å². The average Bonchev–Trinajstić information content (AvgIpc) is 2.66. The maximum atomic E-state index is 12.6. The Morgan fingerprint density at radius 3 is 2.43 bits per heavy atom. The number of hydrogen-bond acceptors (Lipinski definition) is 6. The van der Waals surface area contributed by atoms with Crippen LogP contribution in [0.25, 0.3) is 11.0 Å². The first-order valence-corrected chi connectivity index (χ1v) is 9.18. The number of nitrogens with one attached hydrogen (secondary N) is 2. The molecule has 0 saturated carbocycles. The highest BCUT2D eigenvalue weighted by Gasteiger charge is 2.19. The fraction of sp³-hybridized carbons (Fsp3) is 0.227. The topological polar surface area (TPSA) is 107 Å². The van der Waals surface area contributed by atoms with E-state index in [-0.39, 0.29) is 5.56 Å². The highest BCUT2D eigenvalue weighted by molar-refractivity contribution is 6.05. The van der Waals surface area contributed by atoms with Crippen LogP contribution in [-0.2, 0) is 4.74 Å². The highest BCUT2D eigenvalue weighted by Crippen LogP contribution is 2.28. The van der Waals surface area contributed by atoms with E-state index in [1.165, 1.54) is 19.2 Å². The number of rotatable bonds is 4. The monoisotopic (exact) mass is 410 g/mol. The Hall–Kier alpha value is -3.81. The molecule has 2 aromatic carbocycles. The van der Waals surface area contributed by atoms with Crippen molar-refractivity contribution in [2.75, 3.05) is 17.7 Å². The first-order valence-electron chi connectivity index (χ1n) is 9.18. The van der Waals surface area contributed by atoms with Crippen LogP contribution < -0.4 is 21.0 Å². The molecule has 3 rings (SSSR count). The third kappa shape index (κ3) is 4.96. The van der Waals surface area contributed by atoms with E-state index in [0.717, 1.165) is 0 Å². The van der Waals surface area contributed by atoms with Gasteiger partial charge >= 0.3 is 11.7 Å². The van der Waals surface area contributed by atoms with Crippen LogP contribution in [0.3, 0.4) is 0 Å². The molecule has 0 spiro atoms. The number of methoxy groups -OCH3 is 1. The van der Waals surface area contributed by atoms with Gasteiger partial charge in [-0.2, -0.15) is 0 Å². The van der Waals surface area contributed by atoms with Crippen LogP contribution in [-0.4, -0.2) is 24.7 Å². The van der Waals surface area contributed by atoms with Gasteiger partial charge in [0.2, 0.25) is 0 Å². The third-order valence-corrected chi connectivity index (χ3v) is 3.98. The van der Waals surface area contributed by atoms with Crippen molar-refractivity contribution in [3.63, 3.8) is 0 Å². The lowest BCUT2D eigenvalue weighted by atomic mass is 10.1. The normalized spacial score (nSPS) is 11.1. The summed E-state index contributed by atoms with van der Waals surface area (Å²) in [6.07, 6.45) is -0.667. The average molecular weight is 410 g/mol. The van der Waals surface area contributed by atoms with Crippen LogP contribution in [0, 0.1) is 0 Å². The number of ether oxygens (including phenoxy) is 2. The molecule has 8 nitrogen and oxygen atoms in total. The summed E-state index contributed by atoms with van der Waals surface area (Å²) in [4.78, 5) is 36.9. The van der Waals surface area contributed by atoms with E-state index in [4.69, 9.17) is 13.9 Å². The molecule has 156 valence electrons. The van der Waals surface area contributed by atoms with Crippen LogP contribution in [0.4, 0.5) is 16.2 Å². The maximum Gasteiger partial charge on any atom is 0.412 e. The van der Waals surface area contributed by atoms with Crippen molar-refractivity contribution < 1.29 is 23.5 Å². The van der Waals surface area contributed by atoms with E-state index in [2.05, 4.69) is 10.6 Å². The van der Waals surface area contributed by atoms with Gasteiger partial charge < -0.3 is 19.2 Å². The second-order valence-corrected chi connectivity index (χ2v) is 7.48. The van der Waals surface area contributed by atoms with Crippen molar-refractivity contribution in [1.29, 1.82) is 0 Å². The van der Waals surface area contributed by atoms with Gasteiger partial charge in [0.1, 0.15) is 22.5 Å². The predicted molar refractivity (Wildman–Crippen MR) is 113 cm³/mol.